The largest absolute Gasteiger partial charge is 0.382 e. The summed E-state index contributed by atoms with van der Waals surface area (Å²) in [6.07, 6.45) is 0.953. The molecule has 6 nitrogen and oxygen atoms in total. The van der Waals surface area contributed by atoms with Crippen LogP contribution in [0.2, 0.25) is 0 Å². The van der Waals surface area contributed by atoms with Gasteiger partial charge in [-0.1, -0.05) is 11.3 Å². The van der Waals surface area contributed by atoms with Crippen molar-refractivity contribution in [2.75, 3.05) is 20.3 Å². The van der Waals surface area contributed by atoms with Crippen molar-refractivity contribution in [3.8, 4) is 0 Å². The molecule has 128 valence electrons. The quantitative estimate of drug-likeness (QED) is 0.853. The normalized spacial score (nSPS) is 17.0. The number of hydrogen-bond acceptors (Lipinski definition) is 4. The van der Waals surface area contributed by atoms with E-state index in [1.165, 1.54) is 12.1 Å². The van der Waals surface area contributed by atoms with Gasteiger partial charge >= 0.3 is 0 Å². The Bertz CT molecular complexity index is 759. The van der Waals surface area contributed by atoms with Crippen LogP contribution in [0.15, 0.2) is 18.2 Å². The Morgan fingerprint density at radius 1 is 1.46 bits per heavy atom. The first-order chi connectivity index (χ1) is 11.5. The molecule has 7 heteroatoms. The number of aryl methyl sites for hydroxylation is 2. The lowest BCUT2D eigenvalue weighted by Crippen LogP contribution is -2.43. The zero-order chi connectivity index (χ0) is 17.3. The molecule has 0 aliphatic carbocycles. The molecule has 0 N–H and O–H groups in total. The zero-order valence-electron chi connectivity index (χ0n) is 14.1. The summed E-state index contributed by atoms with van der Waals surface area (Å²) < 4.78 is 20.3. The Morgan fingerprint density at radius 2 is 2.25 bits per heavy atom. The van der Waals surface area contributed by atoms with Gasteiger partial charge in [0.15, 0.2) is 0 Å². The molecular formula is C17H21FN4O2. The second-order valence-corrected chi connectivity index (χ2v) is 6.10. The molecule has 1 aromatic carbocycles. The summed E-state index contributed by atoms with van der Waals surface area (Å²) in [4.78, 5) is 14.6. The lowest BCUT2D eigenvalue weighted by molar-refractivity contribution is -0.134. The number of rotatable bonds is 4. The van der Waals surface area contributed by atoms with Crippen molar-refractivity contribution in [1.82, 2.24) is 19.9 Å². The monoisotopic (exact) mass is 332 g/mol. The van der Waals surface area contributed by atoms with Crippen LogP contribution in [0.3, 0.4) is 0 Å². The highest BCUT2D eigenvalue weighted by atomic mass is 19.1. The molecule has 2 aromatic rings. The molecule has 1 aliphatic heterocycles. The Hall–Kier alpha value is -2.28. The van der Waals surface area contributed by atoms with Crippen molar-refractivity contribution in [2.45, 2.75) is 25.8 Å². The number of carbonyl (C=O) groups is 1. The van der Waals surface area contributed by atoms with E-state index in [0.717, 1.165) is 22.5 Å². The van der Waals surface area contributed by atoms with Crippen LogP contribution in [-0.2, 0) is 29.4 Å². The van der Waals surface area contributed by atoms with E-state index in [9.17, 15) is 9.18 Å². The Kier molecular flexibility index (Phi) is 4.62. The molecule has 0 spiro atoms. The molecule has 0 bridgehead atoms. The summed E-state index contributed by atoms with van der Waals surface area (Å²) >= 11 is 0. The summed E-state index contributed by atoms with van der Waals surface area (Å²) in [7, 11) is 3.46. The third kappa shape index (κ3) is 3.03. The number of benzene rings is 1. The van der Waals surface area contributed by atoms with Gasteiger partial charge in [0.2, 0.25) is 5.91 Å². The highest BCUT2D eigenvalue weighted by molar-refractivity contribution is 5.80. The first-order valence-corrected chi connectivity index (χ1v) is 7.93. The molecule has 1 atom stereocenters. The smallest absolute Gasteiger partial charge is 0.227 e. The molecule has 1 unspecified atom stereocenters. The summed E-state index contributed by atoms with van der Waals surface area (Å²) in [5, 5.41) is 8.28. The summed E-state index contributed by atoms with van der Waals surface area (Å²) in [6.45, 7) is 2.79. The number of methoxy groups -OCH3 is 1. The van der Waals surface area contributed by atoms with Gasteiger partial charge in [-0.25, -0.2) is 4.39 Å². The van der Waals surface area contributed by atoms with Gasteiger partial charge in [0.05, 0.1) is 18.7 Å². The van der Waals surface area contributed by atoms with Gasteiger partial charge in [-0.05, 0) is 30.2 Å². The van der Waals surface area contributed by atoms with Gasteiger partial charge in [-0.15, -0.1) is 5.10 Å². The van der Waals surface area contributed by atoms with E-state index in [4.69, 9.17) is 4.74 Å². The minimum Gasteiger partial charge on any atom is -0.382 e. The van der Waals surface area contributed by atoms with E-state index >= 15 is 0 Å². The molecule has 3 rings (SSSR count). The van der Waals surface area contributed by atoms with E-state index in [1.54, 1.807) is 22.8 Å². The van der Waals surface area contributed by atoms with Crippen LogP contribution in [0.25, 0.3) is 0 Å². The number of ether oxygens (including phenoxy) is 1. The average Bonchev–Trinajstić information content (AvgIpc) is 2.92. The van der Waals surface area contributed by atoms with Crippen molar-refractivity contribution in [2.24, 2.45) is 7.05 Å². The molecular weight excluding hydrogens is 311 g/mol. The lowest BCUT2D eigenvalue weighted by atomic mass is 10.00. The number of nitrogens with zero attached hydrogens (tertiary/aromatic N) is 4. The van der Waals surface area contributed by atoms with Crippen LogP contribution >= 0.6 is 0 Å². The van der Waals surface area contributed by atoms with Gasteiger partial charge in [-0.2, -0.15) is 0 Å². The summed E-state index contributed by atoms with van der Waals surface area (Å²) in [5.74, 6) is -0.300. The summed E-state index contributed by atoms with van der Waals surface area (Å²) in [6, 6.07) is 4.28. The number of carbonyl (C=O) groups excluding carboxylic acids is 1. The second-order valence-electron chi connectivity index (χ2n) is 6.10. The van der Waals surface area contributed by atoms with E-state index in [-0.39, 0.29) is 24.2 Å². The van der Waals surface area contributed by atoms with Crippen LogP contribution in [0.4, 0.5) is 4.39 Å². The first kappa shape index (κ1) is 16.6. The molecule has 0 saturated carbocycles. The van der Waals surface area contributed by atoms with Gasteiger partial charge in [0.1, 0.15) is 17.6 Å². The van der Waals surface area contributed by atoms with Crippen LogP contribution in [0, 0.1) is 12.7 Å². The van der Waals surface area contributed by atoms with E-state index in [0.29, 0.717) is 19.6 Å². The molecule has 24 heavy (non-hydrogen) atoms. The van der Waals surface area contributed by atoms with Crippen molar-refractivity contribution >= 4 is 5.91 Å². The van der Waals surface area contributed by atoms with Crippen molar-refractivity contribution < 1.29 is 13.9 Å². The van der Waals surface area contributed by atoms with Crippen LogP contribution in [0.5, 0.6) is 0 Å². The molecule has 0 saturated heterocycles. The lowest BCUT2D eigenvalue weighted by Gasteiger charge is -2.34. The average molecular weight is 332 g/mol. The van der Waals surface area contributed by atoms with Crippen LogP contribution < -0.4 is 0 Å². The maximum atomic E-state index is 13.2. The fourth-order valence-electron chi connectivity index (χ4n) is 3.22. The fraction of sp³-hybridized carbons (Fsp3) is 0.471. The van der Waals surface area contributed by atoms with E-state index < -0.39 is 0 Å². The topological polar surface area (TPSA) is 60.3 Å². The first-order valence-electron chi connectivity index (χ1n) is 7.93. The number of hydrogen-bond donors (Lipinski definition) is 0. The van der Waals surface area contributed by atoms with Crippen molar-refractivity contribution in [3.63, 3.8) is 0 Å². The maximum absolute atomic E-state index is 13.2. The molecule has 1 amide bonds. The molecule has 0 fully saturated rings. The van der Waals surface area contributed by atoms with E-state index in [1.807, 2.05) is 14.0 Å². The van der Waals surface area contributed by atoms with Crippen molar-refractivity contribution in [3.05, 3.63) is 46.5 Å². The van der Waals surface area contributed by atoms with Crippen LogP contribution in [-0.4, -0.2) is 46.1 Å². The second kappa shape index (κ2) is 6.68. The highest BCUT2D eigenvalue weighted by Gasteiger charge is 2.34. The molecule has 2 heterocycles. The van der Waals surface area contributed by atoms with Crippen LogP contribution in [0.1, 0.15) is 28.6 Å². The standard InChI is InChI=1S/C17H21FN4O2/c1-11-8-13(18)5-4-12(11)9-16(23)22-7-6-14-17(15(22)10-24-3)19-20-21(14)2/h4-5,8,15H,6-7,9-10H2,1-3H3. The Morgan fingerprint density at radius 3 is 2.96 bits per heavy atom. The number of fused-ring (bicyclic) bond motifs is 1. The molecule has 0 radical (unpaired) electrons. The predicted molar refractivity (Wildman–Crippen MR) is 85.9 cm³/mol. The van der Waals surface area contributed by atoms with E-state index in [2.05, 4.69) is 10.3 Å². The highest BCUT2D eigenvalue weighted by Crippen LogP contribution is 2.28. The number of halogens is 1. The number of aromatic nitrogens is 3. The molecule has 1 aliphatic rings. The summed E-state index contributed by atoms with van der Waals surface area (Å²) in [5.41, 5.74) is 3.46. The number of amides is 1. The third-order valence-electron chi connectivity index (χ3n) is 4.55. The minimum absolute atomic E-state index is 0.0111. The molecule has 1 aromatic heterocycles. The van der Waals surface area contributed by atoms with Gasteiger partial charge < -0.3 is 9.64 Å². The maximum Gasteiger partial charge on any atom is 0.227 e. The van der Waals surface area contributed by atoms with Gasteiger partial charge in [0.25, 0.3) is 0 Å². The third-order valence-corrected chi connectivity index (χ3v) is 4.55. The Balaban J connectivity index is 1.83. The minimum atomic E-state index is -0.289. The zero-order valence-corrected chi connectivity index (χ0v) is 14.1. The Labute approximate surface area is 140 Å². The fourth-order valence-corrected chi connectivity index (χ4v) is 3.22. The predicted octanol–water partition coefficient (Wildman–Crippen LogP) is 1.58. The van der Waals surface area contributed by atoms with Crippen molar-refractivity contribution in [1.29, 1.82) is 0 Å². The van der Waals surface area contributed by atoms with Gasteiger partial charge in [-0.3, -0.25) is 9.48 Å². The van der Waals surface area contributed by atoms with Gasteiger partial charge in [0, 0.05) is 27.1 Å². The SMILES string of the molecule is COCC1c2nnn(C)c2CCN1C(=O)Cc1ccc(F)cc1C.